The molecule has 1 aliphatic heterocycles. The Balaban J connectivity index is 2.13. The van der Waals surface area contributed by atoms with E-state index in [1.54, 1.807) is 6.92 Å². The highest BCUT2D eigenvalue weighted by Crippen LogP contribution is 2.45. The first-order valence-electron chi connectivity index (χ1n) is 21.3. The fraction of sp³-hybridized carbons (Fsp3) is 0.744. The molecule has 0 saturated heterocycles. The Labute approximate surface area is 361 Å². The normalized spacial score (nSPS) is 17.7. The van der Waals surface area contributed by atoms with Crippen molar-refractivity contribution in [3.63, 3.8) is 0 Å². The van der Waals surface area contributed by atoms with Gasteiger partial charge >= 0.3 is 17.9 Å². The molecule has 0 fully saturated rings. The van der Waals surface area contributed by atoms with E-state index in [0.29, 0.717) is 23.5 Å². The number of hydrogen-bond acceptors (Lipinski definition) is 11. The maximum absolute atomic E-state index is 13.8. The lowest BCUT2D eigenvalue weighted by Crippen LogP contribution is -2.44. The summed E-state index contributed by atoms with van der Waals surface area (Å²) < 4.78 is 44.4. The topological polar surface area (TPSA) is 249 Å². The zero-order chi connectivity index (χ0) is 45.4. The predicted molar refractivity (Wildman–Crippen MR) is 233 cm³/mol. The first kappa shape index (κ1) is 52.7. The molecule has 1 aliphatic rings. The van der Waals surface area contributed by atoms with Crippen molar-refractivity contribution < 1.29 is 56.6 Å². The van der Waals surface area contributed by atoms with Gasteiger partial charge in [0.25, 0.3) is 10.1 Å². The minimum atomic E-state index is -4.43. The number of carbonyl (C=O) groups excluding carboxylic acids is 3. The van der Waals surface area contributed by atoms with Crippen molar-refractivity contribution in [2.24, 2.45) is 29.4 Å². The van der Waals surface area contributed by atoms with Crippen LogP contribution in [0.5, 0.6) is 11.5 Å². The smallest absolute Gasteiger partial charge is 0.327 e. The van der Waals surface area contributed by atoms with E-state index in [2.05, 4.69) is 45.3 Å². The Morgan fingerprint density at radius 3 is 2.03 bits per heavy atom. The summed E-state index contributed by atoms with van der Waals surface area (Å²) in [5.41, 5.74) is 8.10. The molecule has 2 amide bonds. The number of ether oxygens (including phenoxy) is 2. The van der Waals surface area contributed by atoms with E-state index in [1.807, 2.05) is 13.8 Å². The van der Waals surface area contributed by atoms with E-state index in [9.17, 15) is 37.5 Å². The molecule has 0 aliphatic carbocycles. The highest BCUT2D eigenvalue weighted by Gasteiger charge is 2.36. The number of benzene rings is 1. The molecule has 0 saturated carbocycles. The summed E-state index contributed by atoms with van der Waals surface area (Å²) in [6, 6.07) is -2.76. The van der Waals surface area contributed by atoms with Gasteiger partial charge in [0.2, 0.25) is 11.8 Å². The standard InChI is InChI=1S/C43H71N3O12S2/c1-26(2)12-9-13-27(3)14-10-15-28(4)16-11-20-43(8)21-19-32-31(7)37(29(5)30(6)38(32)58-43)57-42(53)33(39(48)45-22-23-60(54,55)56)24-59-25-35(41(51)52)46-36(47)18-17-34(44)40(49)50/h26-28,33-35H,9-25,44H2,1-8H3,(H,45,48)(H,46,47)(H,49,50)(H,51,52)(H,54,55,56)/t27?,28?,33?,34-,35-,43?/m0/s1. The van der Waals surface area contributed by atoms with Gasteiger partial charge in [0.05, 0.1) is 5.75 Å². The molecule has 4 unspecified atom stereocenters. The molecular formula is C43H71N3O12S2. The van der Waals surface area contributed by atoms with Crippen LogP contribution < -0.4 is 25.8 Å². The number of aliphatic carboxylic acids is 2. The highest BCUT2D eigenvalue weighted by molar-refractivity contribution is 7.99. The Kier molecular flexibility index (Phi) is 21.9. The number of carboxylic acids is 2. The van der Waals surface area contributed by atoms with Gasteiger partial charge in [-0.2, -0.15) is 20.2 Å². The molecule has 17 heteroatoms. The van der Waals surface area contributed by atoms with Crippen LogP contribution >= 0.6 is 11.8 Å². The molecule has 0 spiro atoms. The summed E-state index contributed by atoms with van der Waals surface area (Å²) >= 11 is 0.862. The maximum atomic E-state index is 13.8. The fourth-order valence-corrected chi connectivity index (χ4v) is 8.90. The lowest BCUT2D eigenvalue weighted by Gasteiger charge is -2.38. The second-order valence-electron chi connectivity index (χ2n) is 17.5. The minimum Gasteiger partial charge on any atom is -0.487 e. The number of carboxylic acid groups (broad SMARTS) is 2. The predicted octanol–water partition coefficient (Wildman–Crippen LogP) is 6.15. The van der Waals surface area contributed by atoms with Gasteiger partial charge in [-0.3, -0.25) is 23.7 Å². The minimum absolute atomic E-state index is 0.220. The molecule has 1 aromatic rings. The van der Waals surface area contributed by atoms with Gasteiger partial charge in [0.1, 0.15) is 35.1 Å². The second kappa shape index (κ2) is 24.9. The van der Waals surface area contributed by atoms with Crippen molar-refractivity contribution in [2.45, 2.75) is 157 Å². The zero-order valence-electron chi connectivity index (χ0n) is 36.9. The van der Waals surface area contributed by atoms with E-state index in [-0.39, 0.29) is 35.7 Å². The number of rotatable bonds is 28. The molecule has 342 valence electrons. The molecule has 1 heterocycles. The van der Waals surface area contributed by atoms with Crippen molar-refractivity contribution in [3.8, 4) is 11.5 Å². The Hall–Kier alpha value is -3.41. The summed E-state index contributed by atoms with van der Waals surface area (Å²) in [5, 5.41) is 23.3. The highest BCUT2D eigenvalue weighted by atomic mass is 32.2. The fourth-order valence-electron chi connectivity index (χ4n) is 7.42. The molecule has 0 bridgehead atoms. The lowest BCUT2D eigenvalue weighted by atomic mass is 9.83. The van der Waals surface area contributed by atoms with Crippen LogP contribution in [0.4, 0.5) is 0 Å². The van der Waals surface area contributed by atoms with Gasteiger partial charge < -0.3 is 36.1 Å². The van der Waals surface area contributed by atoms with E-state index in [1.165, 1.54) is 38.5 Å². The van der Waals surface area contributed by atoms with Crippen molar-refractivity contribution in [1.82, 2.24) is 10.6 Å². The van der Waals surface area contributed by atoms with E-state index in [4.69, 9.17) is 24.9 Å². The number of amides is 2. The van der Waals surface area contributed by atoms with Gasteiger partial charge in [-0.25, -0.2) is 4.79 Å². The third-order valence-electron chi connectivity index (χ3n) is 11.5. The van der Waals surface area contributed by atoms with E-state index >= 15 is 0 Å². The van der Waals surface area contributed by atoms with Crippen LogP contribution in [0.15, 0.2) is 0 Å². The average molecular weight is 886 g/mol. The quantitative estimate of drug-likeness (QED) is 0.0239. The van der Waals surface area contributed by atoms with Crippen LogP contribution in [-0.4, -0.2) is 94.4 Å². The number of nitrogens with two attached hydrogens (primary N) is 1. The van der Waals surface area contributed by atoms with Gasteiger partial charge in [0.15, 0.2) is 0 Å². The van der Waals surface area contributed by atoms with Crippen LogP contribution in [0.25, 0.3) is 0 Å². The molecule has 60 heavy (non-hydrogen) atoms. The first-order chi connectivity index (χ1) is 27.9. The summed E-state index contributed by atoms with van der Waals surface area (Å²) in [5.74, 6) is -5.04. The summed E-state index contributed by atoms with van der Waals surface area (Å²) in [6.07, 6.45) is 11.7. The molecule has 0 aromatic heterocycles. The van der Waals surface area contributed by atoms with Crippen LogP contribution in [0.2, 0.25) is 0 Å². The van der Waals surface area contributed by atoms with Crippen LogP contribution in [0, 0.1) is 44.4 Å². The molecule has 15 nitrogen and oxygen atoms in total. The SMILES string of the molecule is Cc1c(C)c2c(c(C)c1OC(=O)C(CSC[C@H](NC(=O)CC[C@H](N)C(=O)O)C(=O)O)C(=O)NCCS(=O)(=O)O)CCC(C)(CCCC(C)CCCC(C)CCCC(C)C)O2. The first-order valence-corrected chi connectivity index (χ1v) is 24.0. The van der Waals surface area contributed by atoms with Gasteiger partial charge in [0, 0.05) is 30.0 Å². The van der Waals surface area contributed by atoms with Crippen molar-refractivity contribution in [2.75, 3.05) is 23.8 Å². The number of carbonyl (C=O) groups is 5. The summed E-state index contributed by atoms with van der Waals surface area (Å²) in [4.78, 5) is 62.3. The molecule has 6 atom stereocenters. The van der Waals surface area contributed by atoms with Gasteiger partial charge in [-0.1, -0.05) is 72.6 Å². The van der Waals surface area contributed by atoms with E-state index in [0.717, 1.165) is 66.2 Å². The summed E-state index contributed by atoms with van der Waals surface area (Å²) in [6.45, 7) is 16.5. The lowest BCUT2D eigenvalue weighted by molar-refractivity contribution is -0.144. The molecule has 0 radical (unpaired) electrons. The number of nitrogens with one attached hydrogen (secondary N) is 2. The van der Waals surface area contributed by atoms with Crippen molar-refractivity contribution in [3.05, 3.63) is 22.3 Å². The molecular weight excluding hydrogens is 815 g/mol. The largest absolute Gasteiger partial charge is 0.487 e. The maximum Gasteiger partial charge on any atom is 0.327 e. The third kappa shape index (κ3) is 18.3. The average Bonchev–Trinajstić information content (AvgIpc) is 3.14. The molecule has 2 rings (SSSR count). The number of thioether (sulfide) groups is 1. The Bertz CT molecular complexity index is 1740. The molecule has 7 N–H and O–H groups in total. The van der Waals surface area contributed by atoms with Gasteiger partial charge in [-0.15, -0.1) is 0 Å². The number of fused-ring (bicyclic) bond motifs is 1. The van der Waals surface area contributed by atoms with Crippen LogP contribution in [0.3, 0.4) is 0 Å². The molecule has 1 aromatic carbocycles. The number of esters is 1. The third-order valence-corrected chi connectivity index (χ3v) is 13.4. The van der Waals surface area contributed by atoms with Crippen molar-refractivity contribution in [1.29, 1.82) is 0 Å². The zero-order valence-corrected chi connectivity index (χ0v) is 38.5. The van der Waals surface area contributed by atoms with Crippen molar-refractivity contribution >= 4 is 51.6 Å². The Morgan fingerprint density at radius 2 is 1.47 bits per heavy atom. The second-order valence-corrected chi connectivity index (χ2v) is 20.1. The van der Waals surface area contributed by atoms with Crippen LogP contribution in [0.1, 0.15) is 134 Å². The summed E-state index contributed by atoms with van der Waals surface area (Å²) in [7, 11) is -4.43. The van der Waals surface area contributed by atoms with Gasteiger partial charge in [-0.05, 0) is 94.2 Å². The Morgan fingerprint density at radius 1 is 0.867 bits per heavy atom. The van der Waals surface area contributed by atoms with E-state index < -0.39 is 70.1 Å². The van der Waals surface area contributed by atoms with Crippen LogP contribution in [-0.2, 0) is 40.5 Å². The monoisotopic (exact) mass is 885 g/mol. The number of hydrogen-bond donors (Lipinski definition) is 6.